The molecule has 36 heavy (non-hydrogen) atoms. The van der Waals surface area contributed by atoms with Crippen LogP contribution in [0.1, 0.15) is 74.5 Å². The van der Waals surface area contributed by atoms with Crippen LogP contribution in [0.2, 0.25) is 0 Å². The van der Waals surface area contributed by atoms with Gasteiger partial charge in [-0.2, -0.15) is 5.10 Å². The monoisotopic (exact) mass is 498 g/mol. The molecule has 2 N–H and O–H groups in total. The van der Waals surface area contributed by atoms with Gasteiger partial charge >= 0.3 is 0 Å². The topological polar surface area (TPSA) is 59.0 Å². The Balaban J connectivity index is 1.44. The molecular formula is C30H34N4OS. The van der Waals surface area contributed by atoms with E-state index in [1.54, 1.807) is 17.5 Å². The standard InChI is InChI=1S/C30H34N4OS/c1-5-30(6-2,23-16-14-22(15-17-23)26-13-10-18-36-26)33-28(35)24-20-31-34-27(24)32-25(19-29(34,3)4)21-11-8-7-9-12-21/h7-18,20,25,32H,5-6,19H2,1-4H3,(H,33,35). The molecule has 0 fully saturated rings. The van der Waals surface area contributed by atoms with Crippen LogP contribution in [0.3, 0.4) is 0 Å². The van der Waals surface area contributed by atoms with E-state index in [1.165, 1.54) is 16.0 Å². The molecule has 4 aromatic rings. The van der Waals surface area contributed by atoms with E-state index in [9.17, 15) is 4.79 Å². The first-order valence-electron chi connectivity index (χ1n) is 12.7. The smallest absolute Gasteiger partial charge is 0.257 e. The predicted molar refractivity (Wildman–Crippen MR) is 148 cm³/mol. The van der Waals surface area contributed by atoms with E-state index >= 15 is 0 Å². The molecule has 0 radical (unpaired) electrons. The number of aromatic nitrogens is 2. The molecule has 0 aliphatic carbocycles. The Labute approximate surface area is 217 Å². The van der Waals surface area contributed by atoms with Crippen LogP contribution in [-0.4, -0.2) is 15.7 Å². The normalized spacial score (nSPS) is 16.7. The molecule has 0 spiro atoms. The average Bonchev–Trinajstić information content (AvgIpc) is 3.59. The van der Waals surface area contributed by atoms with Crippen molar-refractivity contribution in [3.63, 3.8) is 0 Å². The fraction of sp³-hybridized carbons (Fsp3) is 0.333. The van der Waals surface area contributed by atoms with Crippen molar-refractivity contribution in [3.05, 3.63) is 95.0 Å². The zero-order valence-corrected chi connectivity index (χ0v) is 22.2. The van der Waals surface area contributed by atoms with Gasteiger partial charge in [-0.3, -0.25) is 4.79 Å². The van der Waals surface area contributed by atoms with Crippen LogP contribution in [0.4, 0.5) is 5.82 Å². The molecule has 1 unspecified atom stereocenters. The van der Waals surface area contributed by atoms with Crippen molar-refractivity contribution in [3.8, 4) is 10.4 Å². The fourth-order valence-corrected chi connectivity index (χ4v) is 6.12. The summed E-state index contributed by atoms with van der Waals surface area (Å²) in [7, 11) is 0. The molecule has 2 aromatic carbocycles. The lowest BCUT2D eigenvalue weighted by Crippen LogP contribution is -2.45. The summed E-state index contributed by atoms with van der Waals surface area (Å²) >= 11 is 1.74. The van der Waals surface area contributed by atoms with E-state index in [-0.39, 0.29) is 17.5 Å². The number of anilines is 1. The molecule has 2 aromatic heterocycles. The van der Waals surface area contributed by atoms with Crippen LogP contribution in [0, 0.1) is 0 Å². The number of hydrogen-bond acceptors (Lipinski definition) is 4. The number of thiophene rings is 1. The van der Waals surface area contributed by atoms with Gasteiger partial charge in [0.05, 0.1) is 23.3 Å². The number of rotatable bonds is 7. The lowest BCUT2D eigenvalue weighted by Gasteiger charge is -2.38. The van der Waals surface area contributed by atoms with Gasteiger partial charge in [-0.25, -0.2) is 4.68 Å². The Morgan fingerprint density at radius 2 is 1.81 bits per heavy atom. The van der Waals surface area contributed by atoms with E-state index in [0.717, 1.165) is 30.6 Å². The third-order valence-electron chi connectivity index (χ3n) is 7.61. The Morgan fingerprint density at radius 1 is 1.08 bits per heavy atom. The van der Waals surface area contributed by atoms with Crippen LogP contribution in [0.25, 0.3) is 10.4 Å². The third kappa shape index (κ3) is 4.35. The highest BCUT2D eigenvalue weighted by molar-refractivity contribution is 7.13. The number of nitrogens with one attached hydrogen (secondary N) is 2. The van der Waals surface area contributed by atoms with Gasteiger partial charge in [0.15, 0.2) is 0 Å². The SMILES string of the molecule is CCC(CC)(NC(=O)c1cnn2c1NC(c1ccccc1)CC2(C)C)c1ccc(-c2cccs2)cc1. The van der Waals surface area contributed by atoms with E-state index in [1.807, 2.05) is 10.7 Å². The number of carbonyl (C=O) groups excluding carboxylic acids is 1. The van der Waals surface area contributed by atoms with Crippen molar-refractivity contribution in [1.29, 1.82) is 0 Å². The zero-order valence-electron chi connectivity index (χ0n) is 21.4. The van der Waals surface area contributed by atoms with Crippen LogP contribution in [0.15, 0.2) is 78.3 Å². The largest absolute Gasteiger partial charge is 0.363 e. The van der Waals surface area contributed by atoms with Gasteiger partial charge in [0.2, 0.25) is 0 Å². The molecule has 3 heterocycles. The average molecular weight is 499 g/mol. The van der Waals surface area contributed by atoms with E-state index in [0.29, 0.717) is 5.56 Å². The van der Waals surface area contributed by atoms with Gasteiger partial charge in [0.1, 0.15) is 11.4 Å². The van der Waals surface area contributed by atoms with Crippen molar-refractivity contribution in [2.24, 2.45) is 0 Å². The summed E-state index contributed by atoms with van der Waals surface area (Å²) in [5.74, 6) is 0.686. The summed E-state index contributed by atoms with van der Waals surface area (Å²) in [6.45, 7) is 8.63. The number of carbonyl (C=O) groups is 1. The molecule has 5 rings (SSSR count). The number of fused-ring (bicyclic) bond motifs is 1. The summed E-state index contributed by atoms with van der Waals surface area (Å²) in [5.41, 5.74) is 3.45. The van der Waals surface area contributed by atoms with Gasteiger partial charge in [-0.05, 0) is 61.2 Å². The first-order chi connectivity index (χ1) is 17.4. The van der Waals surface area contributed by atoms with Crippen molar-refractivity contribution in [1.82, 2.24) is 15.1 Å². The Hall–Kier alpha value is -3.38. The van der Waals surface area contributed by atoms with Gasteiger partial charge < -0.3 is 10.6 Å². The summed E-state index contributed by atoms with van der Waals surface area (Å²) in [5, 5.41) is 13.8. The minimum Gasteiger partial charge on any atom is -0.363 e. The summed E-state index contributed by atoms with van der Waals surface area (Å²) in [6.07, 6.45) is 4.19. The summed E-state index contributed by atoms with van der Waals surface area (Å²) in [4.78, 5) is 15.0. The molecule has 1 aliphatic heterocycles. The Bertz CT molecular complexity index is 1320. The van der Waals surface area contributed by atoms with E-state index < -0.39 is 5.54 Å². The number of nitrogens with zero attached hydrogens (tertiary/aromatic N) is 2. The third-order valence-corrected chi connectivity index (χ3v) is 8.53. The highest BCUT2D eigenvalue weighted by Gasteiger charge is 2.38. The Kier molecular flexibility index (Phi) is 6.47. The van der Waals surface area contributed by atoms with Crippen molar-refractivity contribution >= 4 is 23.1 Å². The fourth-order valence-electron chi connectivity index (χ4n) is 5.39. The first kappa shape index (κ1) is 24.3. The molecule has 1 aliphatic rings. The maximum absolute atomic E-state index is 13.8. The number of hydrogen-bond donors (Lipinski definition) is 2. The predicted octanol–water partition coefficient (Wildman–Crippen LogP) is 7.35. The van der Waals surface area contributed by atoms with Crippen molar-refractivity contribution in [2.75, 3.05) is 5.32 Å². The molecule has 0 saturated carbocycles. The Morgan fingerprint density at radius 3 is 2.44 bits per heavy atom. The maximum atomic E-state index is 13.8. The maximum Gasteiger partial charge on any atom is 0.257 e. The minimum atomic E-state index is -0.455. The van der Waals surface area contributed by atoms with Crippen molar-refractivity contribution < 1.29 is 4.79 Å². The first-order valence-corrected chi connectivity index (χ1v) is 13.6. The van der Waals surface area contributed by atoms with Crippen LogP contribution in [-0.2, 0) is 11.1 Å². The van der Waals surface area contributed by atoms with Crippen LogP contribution < -0.4 is 10.6 Å². The molecule has 0 saturated heterocycles. The second-order valence-corrected chi connectivity index (χ2v) is 11.2. The van der Waals surface area contributed by atoms with Gasteiger partial charge in [-0.15, -0.1) is 11.3 Å². The molecule has 1 amide bonds. The second-order valence-electron chi connectivity index (χ2n) is 10.2. The van der Waals surface area contributed by atoms with E-state index in [2.05, 4.69) is 109 Å². The lowest BCUT2D eigenvalue weighted by molar-refractivity contribution is 0.0890. The molecule has 186 valence electrons. The second kappa shape index (κ2) is 9.58. The molecular weight excluding hydrogens is 464 g/mol. The summed E-state index contributed by atoms with van der Waals surface area (Å²) < 4.78 is 1.97. The van der Waals surface area contributed by atoms with Crippen LogP contribution >= 0.6 is 11.3 Å². The molecule has 5 nitrogen and oxygen atoms in total. The quantitative estimate of drug-likeness (QED) is 0.280. The highest BCUT2D eigenvalue weighted by Crippen LogP contribution is 2.40. The lowest BCUT2D eigenvalue weighted by atomic mass is 9.84. The molecule has 6 heteroatoms. The van der Waals surface area contributed by atoms with E-state index in [4.69, 9.17) is 0 Å². The highest BCUT2D eigenvalue weighted by atomic mass is 32.1. The zero-order chi connectivity index (χ0) is 25.3. The molecule has 1 atom stereocenters. The number of benzene rings is 2. The van der Waals surface area contributed by atoms with Gasteiger partial charge in [-0.1, -0.05) is 74.5 Å². The number of amides is 1. The molecule has 0 bridgehead atoms. The van der Waals surface area contributed by atoms with Crippen molar-refractivity contribution in [2.45, 2.75) is 64.1 Å². The summed E-state index contributed by atoms with van der Waals surface area (Å²) in [6, 6.07) is 23.4. The van der Waals surface area contributed by atoms with Crippen LogP contribution in [0.5, 0.6) is 0 Å². The minimum absolute atomic E-state index is 0.0979. The van der Waals surface area contributed by atoms with Gasteiger partial charge in [0, 0.05) is 4.88 Å². The van der Waals surface area contributed by atoms with Gasteiger partial charge in [0.25, 0.3) is 5.91 Å².